The summed E-state index contributed by atoms with van der Waals surface area (Å²) < 4.78 is 10.4. The first kappa shape index (κ1) is 17.6. The normalized spacial score (nSPS) is 16.4. The van der Waals surface area contributed by atoms with E-state index in [2.05, 4.69) is 10.6 Å². The molecule has 4 amide bonds. The van der Waals surface area contributed by atoms with Crippen LogP contribution in [0.5, 0.6) is 11.5 Å². The fourth-order valence-electron chi connectivity index (χ4n) is 2.46. The number of ether oxygens (including phenoxy) is 2. The molecule has 1 unspecified atom stereocenters. The fraction of sp³-hybridized carbons (Fsp3) is 0.438. The number of carbonyl (C=O) groups excluding carboxylic acids is 3. The molecule has 0 aromatic heterocycles. The van der Waals surface area contributed by atoms with Gasteiger partial charge in [0.05, 0.1) is 14.2 Å². The Labute approximate surface area is 140 Å². The minimum absolute atomic E-state index is 0.112. The van der Waals surface area contributed by atoms with Crippen molar-refractivity contribution in [3.8, 4) is 11.5 Å². The van der Waals surface area contributed by atoms with Crippen molar-refractivity contribution >= 4 is 17.8 Å². The van der Waals surface area contributed by atoms with Crippen molar-refractivity contribution in [3.05, 3.63) is 23.8 Å². The van der Waals surface area contributed by atoms with Gasteiger partial charge in [0.1, 0.15) is 6.04 Å². The molecule has 1 aliphatic rings. The lowest BCUT2D eigenvalue weighted by Crippen LogP contribution is -2.32. The first-order valence-electron chi connectivity index (χ1n) is 7.50. The number of imide groups is 1. The highest BCUT2D eigenvalue weighted by Gasteiger charge is 2.29. The summed E-state index contributed by atoms with van der Waals surface area (Å²) in [6, 6.07) is 4.29. The highest BCUT2D eigenvalue weighted by atomic mass is 16.5. The van der Waals surface area contributed by atoms with E-state index < -0.39 is 18.0 Å². The summed E-state index contributed by atoms with van der Waals surface area (Å²) in [5, 5.41) is 4.62. The number of methoxy groups -OCH3 is 2. The van der Waals surface area contributed by atoms with Crippen LogP contribution >= 0.6 is 0 Å². The molecule has 8 heteroatoms. The van der Waals surface area contributed by atoms with Crippen LogP contribution in [0.25, 0.3) is 0 Å². The molecule has 1 saturated heterocycles. The van der Waals surface area contributed by atoms with Gasteiger partial charge < -0.3 is 19.7 Å². The molecule has 1 atom stereocenters. The Morgan fingerprint density at radius 1 is 1.21 bits per heavy atom. The van der Waals surface area contributed by atoms with Gasteiger partial charge in [-0.1, -0.05) is 6.07 Å². The van der Waals surface area contributed by atoms with Crippen LogP contribution in [0.1, 0.15) is 18.4 Å². The Kier molecular flexibility index (Phi) is 5.62. The Hall–Kier alpha value is -2.77. The topological polar surface area (TPSA) is 97.0 Å². The highest BCUT2D eigenvalue weighted by molar-refractivity contribution is 6.04. The van der Waals surface area contributed by atoms with Gasteiger partial charge in [-0.25, -0.2) is 4.79 Å². The third kappa shape index (κ3) is 4.15. The lowest BCUT2D eigenvalue weighted by molar-refractivity contribution is -0.130. The molecule has 8 nitrogen and oxygen atoms in total. The largest absolute Gasteiger partial charge is 0.493 e. The van der Waals surface area contributed by atoms with Crippen molar-refractivity contribution < 1.29 is 23.9 Å². The summed E-state index contributed by atoms with van der Waals surface area (Å²) in [6.45, 7) is 0.405. The maximum atomic E-state index is 12.2. The lowest BCUT2D eigenvalue weighted by Gasteiger charge is -2.19. The second-order valence-corrected chi connectivity index (χ2v) is 5.49. The van der Waals surface area contributed by atoms with Gasteiger partial charge in [-0.2, -0.15) is 0 Å². The van der Waals surface area contributed by atoms with Crippen LogP contribution in [0.15, 0.2) is 18.2 Å². The number of amides is 4. The van der Waals surface area contributed by atoms with Crippen LogP contribution in [-0.2, 0) is 16.1 Å². The molecule has 1 fully saturated rings. The average molecular weight is 335 g/mol. The van der Waals surface area contributed by atoms with Gasteiger partial charge in [0, 0.05) is 20.0 Å². The van der Waals surface area contributed by atoms with Crippen molar-refractivity contribution in [3.63, 3.8) is 0 Å². The molecule has 1 heterocycles. The Morgan fingerprint density at radius 2 is 1.92 bits per heavy atom. The van der Waals surface area contributed by atoms with E-state index in [0.29, 0.717) is 18.0 Å². The SMILES string of the molecule is COc1ccc(CN(C)C(=O)CCC2NC(=O)NC2=O)cc1OC. The molecule has 1 aromatic rings. The maximum Gasteiger partial charge on any atom is 0.322 e. The van der Waals surface area contributed by atoms with Crippen molar-refractivity contribution in [1.82, 2.24) is 15.5 Å². The number of benzene rings is 1. The van der Waals surface area contributed by atoms with Gasteiger partial charge >= 0.3 is 6.03 Å². The third-order valence-corrected chi connectivity index (χ3v) is 3.80. The van der Waals surface area contributed by atoms with Crippen LogP contribution in [0.2, 0.25) is 0 Å². The lowest BCUT2D eigenvalue weighted by atomic mass is 10.1. The van der Waals surface area contributed by atoms with Gasteiger partial charge in [-0.3, -0.25) is 14.9 Å². The average Bonchev–Trinajstić information content (AvgIpc) is 2.89. The van der Waals surface area contributed by atoms with Crippen molar-refractivity contribution in [1.29, 1.82) is 0 Å². The molecule has 0 bridgehead atoms. The second-order valence-electron chi connectivity index (χ2n) is 5.49. The molecule has 24 heavy (non-hydrogen) atoms. The molecular formula is C16H21N3O5. The third-order valence-electron chi connectivity index (χ3n) is 3.80. The van der Waals surface area contributed by atoms with E-state index in [-0.39, 0.29) is 18.7 Å². The fourth-order valence-corrected chi connectivity index (χ4v) is 2.46. The molecule has 2 rings (SSSR count). The number of hydrogen-bond donors (Lipinski definition) is 2. The van der Waals surface area contributed by atoms with Gasteiger partial charge in [0.2, 0.25) is 5.91 Å². The van der Waals surface area contributed by atoms with Gasteiger partial charge in [-0.05, 0) is 24.1 Å². The number of nitrogens with one attached hydrogen (secondary N) is 2. The molecule has 0 spiro atoms. The van der Waals surface area contributed by atoms with Crippen molar-refractivity contribution in [2.45, 2.75) is 25.4 Å². The van der Waals surface area contributed by atoms with Crippen LogP contribution in [0.4, 0.5) is 4.79 Å². The van der Waals surface area contributed by atoms with Crippen LogP contribution < -0.4 is 20.1 Å². The summed E-state index contributed by atoms with van der Waals surface area (Å²) in [5.74, 6) is 0.716. The first-order chi connectivity index (χ1) is 11.4. The number of carbonyl (C=O) groups is 3. The highest BCUT2D eigenvalue weighted by Crippen LogP contribution is 2.28. The number of rotatable bonds is 7. The summed E-state index contributed by atoms with van der Waals surface area (Å²) >= 11 is 0. The Balaban J connectivity index is 1.89. The van der Waals surface area contributed by atoms with E-state index in [1.165, 1.54) is 0 Å². The first-order valence-corrected chi connectivity index (χ1v) is 7.50. The molecular weight excluding hydrogens is 314 g/mol. The zero-order valence-corrected chi connectivity index (χ0v) is 13.9. The molecule has 0 radical (unpaired) electrons. The molecule has 1 aliphatic heterocycles. The van der Waals surface area contributed by atoms with Gasteiger partial charge in [0.15, 0.2) is 11.5 Å². The minimum atomic E-state index is -0.643. The number of hydrogen-bond acceptors (Lipinski definition) is 5. The predicted octanol–water partition coefficient (Wildman–Crippen LogP) is 0.650. The second kappa shape index (κ2) is 7.67. The molecule has 1 aromatic carbocycles. The van der Waals surface area contributed by atoms with E-state index in [1.807, 2.05) is 12.1 Å². The number of nitrogens with zero attached hydrogens (tertiary/aromatic N) is 1. The number of urea groups is 1. The van der Waals surface area contributed by atoms with Crippen LogP contribution in [0, 0.1) is 0 Å². The smallest absolute Gasteiger partial charge is 0.322 e. The van der Waals surface area contributed by atoms with Gasteiger partial charge in [0.25, 0.3) is 5.91 Å². The van der Waals surface area contributed by atoms with E-state index in [4.69, 9.17) is 9.47 Å². The summed E-state index contributed by atoms with van der Waals surface area (Å²) in [6.07, 6.45) is 0.439. The van der Waals surface area contributed by atoms with Crippen LogP contribution in [0.3, 0.4) is 0 Å². The van der Waals surface area contributed by atoms with E-state index in [9.17, 15) is 14.4 Å². The standard InChI is InChI=1S/C16H21N3O5/c1-19(9-10-4-6-12(23-2)13(8-10)24-3)14(20)7-5-11-15(21)18-16(22)17-11/h4,6,8,11H,5,7,9H2,1-3H3,(H2,17,18,21,22). The quantitative estimate of drug-likeness (QED) is 0.713. The summed E-state index contributed by atoms with van der Waals surface area (Å²) in [5.41, 5.74) is 0.899. The van der Waals surface area contributed by atoms with E-state index in [1.54, 1.807) is 32.2 Å². The predicted molar refractivity (Wildman–Crippen MR) is 85.7 cm³/mol. The molecule has 2 N–H and O–H groups in total. The zero-order chi connectivity index (χ0) is 17.7. The van der Waals surface area contributed by atoms with Crippen LogP contribution in [-0.4, -0.2) is 50.1 Å². The summed E-state index contributed by atoms with van der Waals surface area (Å²) in [7, 11) is 4.80. The van der Waals surface area contributed by atoms with E-state index in [0.717, 1.165) is 5.56 Å². The minimum Gasteiger partial charge on any atom is -0.493 e. The monoisotopic (exact) mass is 335 g/mol. The zero-order valence-electron chi connectivity index (χ0n) is 13.9. The Morgan fingerprint density at radius 3 is 2.50 bits per heavy atom. The molecule has 0 aliphatic carbocycles. The van der Waals surface area contributed by atoms with Crippen molar-refractivity contribution in [2.24, 2.45) is 0 Å². The Bertz CT molecular complexity index is 647. The summed E-state index contributed by atoms with van der Waals surface area (Å²) in [4.78, 5) is 36.2. The van der Waals surface area contributed by atoms with Gasteiger partial charge in [-0.15, -0.1) is 0 Å². The molecule has 0 saturated carbocycles. The maximum absolute atomic E-state index is 12.2. The molecule has 130 valence electrons. The van der Waals surface area contributed by atoms with E-state index >= 15 is 0 Å². The van der Waals surface area contributed by atoms with Crippen molar-refractivity contribution in [2.75, 3.05) is 21.3 Å².